The number of fused-ring (bicyclic) bond motifs is 1. The average Bonchev–Trinajstić information content (AvgIpc) is 3.42. The number of nitrogens with zero attached hydrogens (tertiary/aromatic N) is 3. The van der Waals surface area contributed by atoms with Crippen LogP contribution >= 0.6 is 11.3 Å². The number of rotatable bonds is 10. The zero-order valence-corrected chi connectivity index (χ0v) is 25.4. The number of thiazole rings is 1. The van der Waals surface area contributed by atoms with Crippen molar-refractivity contribution < 1.29 is 23.5 Å². The molecule has 1 N–H and O–H groups in total. The smallest absolute Gasteiger partial charge is 0.228 e. The molecular formula is C27H38N4O5SSi. The molecule has 1 aliphatic heterocycles. The lowest BCUT2D eigenvalue weighted by Gasteiger charge is -2.46. The number of Topliss-reactive ketones (excluding diaryl/α,β-unsaturated/α-hetero) is 1. The first-order chi connectivity index (χ1) is 17.8. The van der Waals surface area contributed by atoms with Crippen LogP contribution in [0.15, 0.2) is 24.8 Å². The molecule has 11 heteroatoms. The van der Waals surface area contributed by atoms with Gasteiger partial charge in [-0.05, 0) is 31.1 Å². The minimum atomic E-state index is -2.06. The van der Waals surface area contributed by atoms with Crippen LogP contribution in [0.5, 0.6) is 11.6 Å². The van der Waals surface area contributed by atoms with Crippen LogP contribution in [0.4, 0.5) is 0 Å². The number of carbonyl (C=O) groups is 2. The third kappa shape index (κ3) is 5.11. The first-order valence-corrected chi connectivity index (χ1v) is 16.5. The number of aromatic nitrogens is 3. The van der Waals surface area contributed by atoms with Gasteiger partial charge < -0.3 is 19.2 Å². The summed E-state index contributed by atoms with van der Waals surface area (Å²) in [5, 5.41) is 3.01. The van der Waals surface area contributed by atoms with Crippen molar-refractivity contribution in [2.75, 3.05) is 14.2 Å². The normalized spacial score (nSPS) is 19.6. The molecule has 1 aliphatic rings. The van der Waals surface area contributed by atoms with Crippen LogP contribution in [0, 0.1) is 11.8 Å². The molecule has 0 radical (unpaired) electrons. The van der Waals surface area contributed by atoms with E-state index in [1.807, 2.05) is 24.4 Å². The van der Waals surface area contributed by atoms with E-state index in [-0.39, 0.29) is 40.7 Å². The van der Waals surface area contributed by atoms with Gasteiger partial charge in [-0.2, -0.15) is 0 Å². The van der Waals surface area contributed by atoms with Gasteiger partial charge in [0.2, 0.25) is 11.8 Å². The Morgan fingerprint density at radius 1 is 1.21 bits per heavy atom. The largest absolute Gasteiger partial charge is 0.496 e. The lowest BCUT2D eigenvalue weighted by Crippen LogP contribution is -2.66. The van der Waals surface area contributed by atoms with Gasteiger partial charge in [0.1, 0.15) is 16.9 Å². The number of amides is 1. The third-order valence-electron chi connectivity index (χ3n) is 8.00. The molecule has 0 spiro atoms. The van der Waals surface area contributed by atoms with E-state index >= 15 is 0 Å². The first-order valence-electron chi connectivity index (χ1n) is 12.8. The molecule has 0 aromatic carbocycles. The van der Waals surface area contributed by atoms with Crippen LogP contribution in [0.1, 0.15) is 55.5 Å². The van der Waals surface area contributed by atoms with Gasteiger partial charge in [0.05, 0.1) is 48.4 Å². The summed E-state index contributed by atoms with van der Waals surface area (Å²) in [5.74, 6) is 0.355. The van der Waals surface area contributed by atoms with Gasteiger partial charge in [0, 0.05) is 24.7 Å². The molecule has 38 heavy (non-hydrogen) atoms. The second kappa shape index (κ2) is 10.4. The maximum atomic E-state index is 13.6. The van der Waals surface area contributed by atoms with Gasteiger partial charge in [0.25, 0.3) is 0 Å². The number of imidazole rings is 1. The molecule has 0 bridgehead atoms. The van der Waals surface area contributed by atoms with Crippen molar-refractivity contribution in [3.05, 3.63) is 40.9 Å². The van der Waals surface area contributed by atoms with E-state index in [1.54, 1.807) is 32.8 Å². The number of hydrogen-bond donors (Lipinski definition) is 1. The Bertz CT molecular complexity index is 1320. The number of β-lactam (4-membered cyclic amide) rings is 1. The lowest BCUT2D eigenvalue weighted by molar-refractivity contribution is -0.141. The Balaban J connectivity index is 1.53. The van der Waals surface area contributed by atoms with Crippen molar-refractivity contribution in [2.24, 2.45) is 11.8 Å². The monoisotopic (exact) mass is 558 g/mol. The van der Waals surface area contributed by atoms with E-state index in [4.69, 9.17) is 13.9 Å². The fourth-order valence-electron chi connectivity index (χ4n) is 4.70. The molecule has 0 unspecified atom stereocenters. The maximum absolute atomic E-state index is 13.6. The number of ketones is 1. The summed E-state index contributed by atoms with van der Waals surface area (Å²) in [5.41, 5.74) is 1.60. The van der Waals surface area contributed by atoms with E-state index in [2.05, 4.69) is 49.1 Å². The van der Waals surface area contributed by atoms with Crippen molar-refractivity contribution >= 4 is 36.2 Å². The fraction of sp³-hybridized carbons (Fsp3) is 0.556. The predicted molar refractivity (Wildman–Crippen MR) is 150 cm³/mol. The fourth-order valence-corrected chi connectivity index (χ4v) is 7.24. The van der Waals surface area contributed by atoms with Gasteiger partial charge in [-0.3, -0.25) is 14.0 Å². The molecule has 0 saturated carbocycles. The summed E-state index contributed by atoms with van der Waals surface area (Å²) in [6.07, 6.45) is 5.35. The minimum absolute atomic E-state index is 0.00397. The summed E-state index contributed by atoms with van der Waals surface area (Å²) < 4.78 is 19.3. The van der Waals surface area contributed by atoms with Gasteiger partial charge >= 0.3 is 0 Å². The zero-order valence-electron chi connectivity index (χ0n) is 23.6. The highest BCUT2D eigenvalue weighted by Crippen LogP contribution is 2.40. The first kappa shape index (κ1) is 28.3. The topological polar surface area (TPSA) is 104 Å². The summed E-state index contributed by atoms with van der Waals surface area (Å²) in [7, 11) is 1.12. The van der Waals surface area contributed by atoms with E-state index in [1.165, 1.54) is 11.3 Å². The second-order valence-electron chi connectivity index (χ2n) is 11.5. The highest BCUT2D eigenvalue weighted by atomic mass is 32.1. The van der Waals surface area contributed by atoms with E-state index in [9.17, 15) is 9.59 Å². The second-order valence-corrected chi connectivity index (χ2v) is 17.3. The number of pyridine rings is 1. The van der Waals surface area contributed by atoms with Crippen molar-refractivity contribution in [3.8, 4) is 11.6 Å². The number of carbonyl (C=O) groups excluding carboxylic acids is 2. The summed E-state index contributed by atoms with van der Waals surface area (Å²) in [6, 6.07) is 1.52. The Morgan fingerprint density at radius 2 is 1.92 bits per heavy atom. The van der Waals surface area contributed by atoms with Gasteiger partial charge in [-0.1, -0.05) is 27.7 Å². The van der Waals surface area contributed by atoms with Crippen LogP contribution in [-0.4, -0.2) is 60.7 Å². The number of nitrogens with one attached hydrogen (secondary N) is 1. The Labute approximate surface area is 229 Å². The van der Waals surface area contributed by atoms with Crippen LogP contribution in [-0.2, 0) is 15.6 Å². The summed E-state index contributed by atoms with van der Waals surface area (Å²) in [6.45, 7) is 14.7. The number of methoxy groups -OCH3 is 2. The van der Waals surface area contributed by atoms with Crippen LogP contribution in [0.25, 0.3) is 4.83 Å². The maximum Gasteiger partial charge on any atom is 0.228 e. The Kier molecular flexibility index (Phi) is 7.75. The van der Waals surface area contributed by atoms with Crippen molar-refractivity contribution in [1.82, 2.24) is 19.7 Å². The molecule has 4 atom stereocenters. The molecule has 1 saturated heterocycles. The minimum Gasteiger partial charge on any atom is -0.496 e. The number of ether oxygens (including phenoxy) is 2. The molecule has 4 heterocycles. The quantitative estimate of drug-likeness (QED) is 0.218. The Hall–Kier alpha value is -2.76. The van der Waals surface area contributed by atoms with Crippen molar-refractivity contribution in [1.29, 1.82) is 0 Å². The molecular weight excluding hydrogens is 520 g/mol. The van der Waals surface area contributed by atoms with E-state index in [0.29, 0.717) is 22.9 Å². The predicted octanol–water partition coefficient (Wildman–Crippen LogP) is 4.74. The van der Waals surface area contributed by atoms with Crippen LogP contribution in [0.2, 0.25) is 18.1 Å². The molecule has 1 amide bonds. The van der Waals surface area contributed by atoms with Gasteiger partial charge in [0.15, 0.2) is 14.1 Å². The zero-order chi connectivity index (χ0) is 28.0. The van der Waals surface area contributed by atoms with E-state index < -0.39 is 8.32 Å². The van der Waals surface area contributed by atoms with Crippen molar-refractivity contribution in [3.63, 3.8) is 0 Å². The molecule has 3 aromatic heterocycles. The van der Waals surface area contributed by atoms with Crippen LogP contribution in [0.3, 0.4) is 0 Å². The van der Waals surface area contributed by atoms with Gasteiger partial charge in [-0.25, -0.2) is 9.97 Å². The van der Waals surface area contributed by atoms with Gasteiger partial charge in [-0.15, -0.1) is 11.3 Å². The highest BCUT2D eigenvalue weighted by Gasteiger charge is 2.50. The van der Waals surface area contributed by atoms with Crippen LogP contribution < -0.4 is 14.8 Å². The molecule has 4 rings (SSSR count). The average molecular weight is 559 g/mol. The highest BCUT2D eigenvalue weighted by molar-refractivity contribution is 7.19. The number of hydrogen-bond acceptors (Lipinski definition) is 8. The summed E-state index contributed by atoms with van der Waals surface area (Å²) >= 11 is 1.40. The molecule has 206 valence electrons. The molecule has 3 aromatic rings. The lowest BCUT2D eigenvalue weighted by atomic mass is 9.77. The third-order valence-corrected chi connectivity index (χ3v) is 13.7. The molecule has 0 aliphatic carbocycles. The molecule has 1 fully saturated rings. The molecule has 9 nitrogen and oxygen atoms in total. The Morgan fingerprint density at radius 3 is 2.53 bits per heavy atom. The van der Waals surface area contributed by atoms with E-state index in [0.717, 1.165) is 16.1 Å². The van der Waals surface area contributed by atoms with Crippen molar-refractivity contribution in [2.45, 2.75) is 71.3 Å². The SMILES string of the molecule is COc1ccnc(OC)c1Cc1ncn2cc(C(=O)[C@H](C)[C@H]3NC(=O)[C@@H]3[C@@H](C)O[Si](C)(C)C(C)(C)C)sc12. The standard InChI is InChI=1S/C27H38N4O5SSi/c1-15(22-21(24(33)30-22)16(2)36-38(8,9)27(3,4)5)23(32)20-13-31-14-29-18(26(31)37-20)12-17-19(34-6)10-11-28-25(17)35-7/h10-11,13-16,21-22H,12H2,1-9H3,(H,30,33)/t15-,16-,21-,22-/m1/s1. The summed E-state index contributed by atoms with van der Waals surface area (Å²) in [4.78, 5) is 36.5.